The van der Waals surface area contributed by atoms with Gasteiger partial charge in [0.05, 0.1) is 12.0 Å². The Morgan fingerprint density at radius 1 is 1.14 bits per heavy atom. The lowest BCUT2D eigenvalue weighted by Crippen LogP contribution is -2.15. The lowest BCUT2D eigenvalue weighted by molar-refractivity contribution is -0.155. The maximum absolute atomic E-state index is 11.0. The van der Waals surface area contributed by atoms with E-state index in [0.717, 1.165) is 6.08 Å². The highest BCUT2D eigenvalue weighted by molar-refractivity contribution is 6.13. The molecule has 6 heteroatoms. The van der Waals surface area contributed by atoms with Crippen LogP contribution in [0, 0.1) is 5.92 Å². The molecule has 0 aromatic rings. The largest absolute Gasteiger partial charge is 0.393 e. The number of esters is 4. The fourth-order valence-corrected chi connectivity index (χ4v) is 1.32. The number of hydrogen-bond donors (Lipinski definition) is 0. The van der Waals surface area contributed by atoms with Crippen molar-refractivity contribution >= 4 is 23.9 Å². The number of cyclic esters (lactones) is 4. The van der Waals surface area contributed by atoms with Crippen LogP contribution in [0.3, 0.4) is 0 Å². The van der Waals surface area contributed by atoms with E-state index in [9.17, 15) is 19.2 Å². The molecule has 0 saturated carbocycles. The molecule has 2 rings (SSSR count). The zero-order chi connectivity index (χ0) is 10.3. The van der Waals surface area contributed by atoms with Gasteiger partial charge in [-0.15, -0.1) is 0 Å². The molecule has 6 nitrogen and oxygen atoms in total. The monoisotopic (exact) mass is 196 g/mol. The Labute approximate surface area is 77.5 Å². The normalized spacial score (nSPS) is 26.3. The van der Waals surface area contributed by atoms with E-state index in [1.807, 2.05) is 0 Å². The predicted molar refractivity (Wildman–Crippen MR) is 38.4 cm³/mol. The van der Waals surface area contributed by atoms with E-state index < -0.39 is 29.8 Å². The molecule has 1 saturated heterocycles. The highest BCUT2D eigenvalue weighted by Crippen LogP contribution is 2.27. The van der Waals surface area contributed by atoms with Crippen LogP contribution in [0.1, 0.15) is 6.42 Å². The van der Waals surface area contributed by atoms with Crippen LogP contribution in [-0.2, 0) is 28.7 Å². The molecule has 2 aliphatic rings. The highest BCUT2D eigenvalue weighted by atomic mass is 16.6. The minimum Gasteiger partial charge on any atom is -0.393 e. The van der Waals surface area contributed by atoms with E-state index in [1.165, 1.54) is 0 Å². The van der Waals surface area contributed by atoms with Gasteiger partial charge in [-0.2, -0.15) is 0 Å². The molecule has 2 aliphatic heterocycles. The number of rotatable bonds is 1. The molecule has 1 atom stereocenters. The van der Waals surface area contributed by atoms with Crippen molar-refractivity contribution in [2.45, 2.75) is 6.42 Å². The van der Waals surface area contributed by atoms with Gasteiger partial charge in [0.1, 0.15) is 5.92 Å². The van der Waals surface area contributed by atoms with Crippen LogP contribution >= 0.6 is 0 Å². The Morgan fingerprint density at radius 2 is 1.86 bits per heavy atom. The minimum absolute atomic E-state index is 0.106. The molecule has 0 aromatic carbocycles. The third-order valence-corrected chi connectivity index (χ3v) is 1.95. The number of carbonyl (C=O) groups excluding carboxylic acids is 4. The molecular weight excluding hydrogens is 192 g/mol. The molecule has 2 heterocycles. The van der Waals surface area contributed by atoms with Gasteiger partial charge in [0.2, 0.25) is 0 Å². The van der Waals surface area contributed by atoms with Gasteiger partial charge in [-0.25, -0.2) is 9.59 Å². The minimum atomic E-state index is -0.985. The van der Waals surface area contributed by atoms with Crippen LogP contribution in [0.15, 0.2) is 11.6 Å². The Balaban J connectivity index is 2.28. The van der Waals surface area contributed by atoms with Crippen molar-refractivity contribution in [3.8, 4) is 0 Å². The third-order valence-electron chi connectivity index (χ3n) is 1.95. The highest BCUT2D eigenvalue weighted by Gasteiger charge is 2.42. The van der Waals surface area contributed by atoms with Crippen molar-refractivity contribution in [3.05, 3.63) is 11.6 Å². The average Bonchev–Trinajstić information content (AvgIpc) is 2.55. The van der Waals surface area contributed by atoms with Crippen LogP contribution in [0.25, 0.3) is 0 Å². The Morgan fingerprint density at radius 3 is 2.29 bits per heavy atom. The summed E-state index contributed by atoms with van der Waals surface area (Å²) in [6.45, 7) is 0. The molecule has 14 heavy (non-hydrogen) atoms. The summed E-state index contributed by atoms with van der Waals surface area (Å²) in [6, 6.07) is 0. The average molecular weight is 196 g/mol. The number of hydrogen-bond acceptors (Lipinski definition) is 6. The molecule has 0 bridgehead atoms. The first-order valence-corrected chi connectivity index (χ1v) is 3.80. The first kappa shape index (κ1) is 8.61. The maximum atomic E-state index is 11.0. The second-order valence-electron chi connectivity index (χ2n) is 2.86. The topological polar surface area (TPSA) is 86.7 Å². The second-order valence-corrected chi connectivity index (χ2v) is 2.86. The van der Waals surface area contributed by atoms with Crippen molar-refractivity contribution in [2.24, 2.45) is 5.92 Å². The van der Waals surface area contributed by atoms with Gasteiger partial charge in [0.25, 0.3) is 0 Å². The summed E-state index contributed by atoms with van der Waals surface area (Å²) in [5.74, 6) is -4.20. The first-order chi connectivity index (χ1) is 6.58. The van der Waals surface area contributed by atoms with Crippen LogP contribution in [0.2, 0.25) is 0 Å². The van der Waals surface area contributed by atoms with E-state index in [-0.39, 0.29) is 12.0 Å². The van der Waals surface area contributed by atoms with Crippen LogP contribution in [-0.4, -0.2) is 23.9 Å². The van der Waals surface area contributed by atoms with Gasteiger partial charge in [0.15, 0.2) is 0 Å². The molecule has 72 valence electrons. The zero-order valence-corrected chi connectivity index (χ0v) is 6.81. The van der Waals surface area contributed by atoms with Crippen molar-refractivity contribution in [1.29, 1.82) is 0 Å². The van der Waals surface area contributed by atoms with E-state index in [2.05, 4.69) is 9.47 Å². The fraction of sp³-hybridized carbons (Fsp3) is 0.250. The third kappa shape index (κ3) is 1.20. The fourth-order valence-electron chi connectivity index (χ4n) is 1.32. The molecule has 0 spiro atoms. The molecule has 0 N–H and O–H groups in total. The van der Waals surface area contributed by atoms with Crippen LogP contribution in [0.5, 0.6) is 0 Å². The summed E-state index contributed by atoms with van der Waals surface area (Å²) in [7, 11) is 0. The van der Waals surface area contributed by atoms with E-state index in [4.69, 9.17) is 0 Å². The number of carbonyl (C=O) groups is 4. The molecule has 0 radical (unpaired) electrons. The lowest BCUT2D eigenvalue weighted by atomic mass is 9.98. The quantitative estimate of drug-likeness (QED) is 0.398. The molecule has 0 amide bonds. The Hall–Kier alpha value is -1.98. The van der Waals surface area contributed by atoms with Crippen molar-refractivity contribution in [3.63, 3.8) is 0 Å². The molecular formula is C8H4O6. The van der Waals surface area contributed by atoms with E-state index >= 15 is 0 Å². The van der Waals surface area contributed by atoms with Gasteiger partial charge in [-0.1, -0.05) is 0 Å². The summed E-state index contributed by atoms with van der Waals surface area (Å²) in [5.41, 5.74) is -0.106. The maximum Gasteiger partial charge on any atom is 0.343 e. The molecule has 0 aliphatic carbocycles. The SMILES string of the molecule is O=C1C=C(C2CC(=O)OC2=O)C(=O)O1. The van der Waals surface area contributed by atoms with Gasteiger partial charge in [0, 0.05) is 6.08 Å². The van der Waals surface area contributed by atoms with Gasteiger partial charge >= 0.3 is 23.9 Å². The summed E-state index contributed by atoms with van der Waals surface area (Å²) < 4.78 is 8.41. The van der Waals surface area contributed by atoms with E-state index in [1.54, 1.807) is 0 Å². The van der Waals surface area contributed by atoms with E-state index in [0.29, 0.717) is 0 Å². The van der Waals surface area contributed by atoms with Crippen molar-refractivity contribution in [1.82, 2.24) is 0 Å². The Bertz CT molecular complexity index is 391. The standard InChI is InChI=1S/C8H4O6/c9-5-1-3(7(11)13-5)4-2-6(10)14-8(4)12/h1,4H,2H2. The molecule has 1 fully saturated rings. The van der Waals surface area contributed by atoms with Crippen LogP contribution in [0.4, 0.5) is 0 Å². The smallest absolute Gasteiger partial charge is 0.343 e. The zero-order valence-electron chi connectivity index (χ0n) is 6.81. The second kappa shape index (κ2) is 2.76. The lowest BCUT2D eigenvalue weighted by Gasteiger charge is -2.00. The van der Waals surface area contributed by atoms with Crippen molar-refractivity contribution < 1.29 is 28.7 Å². The Kier molecular flexibility index (Phi) is 1.70. The van der Waals surface area contributed by atoms with Crippen molar-refractivity contribution in [2.75, 3.05) is 0 Å². The number of ether oxygens (including phenoxy) is 2. The van der Waals surface area contributed by atoms with Gasteiger partial charge in [-0.3, -0.25) is 9.59 Å². The summed E-state index contributed by atoms with van der Waals surface area (Å²) in [6.07, 6.45) is 0.694. The van der Waals surface area contributed by atoms with Gasteiger partial charge in [-0.05, 0) is 0 Å². The predicted octanol–water partition coefficient (Wildman–Crippen LogP) is -0.914. The molecule has 1 unspecified atom stereocenters. The summed E-state index contributed by atoms with van der Waals surface area (Å²) in [4.78, 5) is 43.4. The molecule has 0 aromatic heterocycles. The van der Waals surface area contributed by atoms with Gasteiger partial charge < -0.3 is 9.47 Å². The first-order valence-electron chi connectivity index (χ1n) is 3.80. The van der Waals surface area contributed by atoms with Crippen LogP contribution < -0.4 is 0 Å². The summed E-state index contributed by atoms with van der Waals surface area (Å²) >= 11 is 0. The summed E-state index contributed by atoms with van der Waals surface area (Å²) in [5, 5.41) is 0.